The van der Waals surface area contributed by atoms with Gasteiger partial charge in [0, 0.05) is 6.20 Å². The summed E-state index contributed by atoms with van der Waals surface area (Å²) in [5.74, 6) is -0.244. The summed E-state index contributed by atoms with van der Waals surface area (Å²) in [6.07, 6.45) is 4.88. The van der Waals surface area contributed by atoms with Gasteiger partial charge in [-0.25, -0.2) is 9.78 Å². The van der Waals surface area contributed by atoms with Crippen LogP contribution in [-0.2, 0) is 12.8 Å². The molecular weight excluding hydrogens is 178 g/mol. The molecule has 3 heteroatoms. The number of hydrogen-bond acceptors (Lipinski definition) is 2. The third-order valence-corrected chi connectivity index (χ3v) is 2.78. The van der Waals surface area contributed by atoms with Crippen LogP contribution in [0.2, 0.25) is 0 Å². The van der Waals surface area contributed by atoms with E-state index in [0.717, 1.165) is 24.8 Å². The number of pyridine rings is 1. The highest BCUT2D eigenvalue weighted by Gasteiger charge is 2.17. The van der Waals surface area contributed by atoms with Gasteiger partial charge in [-0.05, 0) is 42.4 Å². The van der Waals surface area contributed by atoms with Crippen LogP contribution >= 0.6 is 0 Å². The van der Waals surface area contributed by atoms with Crippen LogP contribution in [0, 0.1) is 5.92 Å². The highest BCUT2D eigenvalue weighted by molar-refractivity contribution is 5.85. The average Bonchev–Trinajstić information content (AvgIpc) is 2.16. The molecule has 74 valence electrons. The summed E-state index contributed by atoms with van der Waals surface area (Å²) in [4.78, 5) is 14.6. The quantitative estimate of drug-likeness (QED) is 0.737. The molecule has 0 aliphatic heterocycles. The van der Waals surface area contributed by atoms with E-state index in [0.29, 0.717) is 5.92 Å². The Morgan fingerprint density at radius 2 is 2.36 bits per heavy atom. The molecule has 0 radical (unpaired) electrons. The molecule has 0 spiro atoms. The lowest BCUT2D eigenvalue weighted by atomic mass is 9.86. The second kappa shape index (κ2) is 3.40. The SMILES string of the molecule is CC1CCc2cc(C(=O)O)ncc2C1. The van der Waals surface area contributed by atoms with Gasteiger partial charge in [-0.2, -0.15) is 0 Å². The van der Waals surface area contributed by atoms with Gasteiger partial charge in [-0.3, -0.25) is 0 Å². The first-order valence-electron chi connectivity index (χ1n) is 4.88. The fourth-order valence-corrected chi connectivity index (χ4v) is 1.94. The molecular formula is C11H13NO2. The van der Waals surface area contributed by atoms with Crippen molar-refractivity contribution in [2.75, 3.05) is 0 Å². The van der Waals surface area contributed by atoms with Crippen LogP contribution in [0.4, 0.5) is 0 Å². The number of nitrogens with zero attached hydrogens (tertiary/aromatic N) is 1. The minimum Gasteiger partial charge on any atom is -0.477 e. The lowest BCUT2D eigenvalue weighted by molar-refractivity contribution is 0.0690. The van der Waals surface area contributed by atoms with Gasteiger partial charge >= 0.3 is 5.97 Å². The topological polar surface area (TPSA) is 50.2 Å². The summed E-state index contributed by atoms with van der Waals surface area (Å²) in [5, 5.41) is 8.78. The van der Waals surface area contributed by atoms with E-state index in [4.69, 9.17) is 5.11 Å². The van der Waals surface area contributed by atoms with Gasteiger partial charge in [0.1, 0.15) is 5.69 Å². The minimum atomic E-state index is -0.938. The van der Waals surface area contributed by atoms with Crippen LogP contribution < -0.4 is 0 Å². The molecule has 14 heavy (non-hydrogen) atoms. The van der Waals surface area contributed by atoms with Gasteiger partial charge in [0.15, 0.2) is 0 Å². The zero-order valence-electron chi connectivity index (χ0n) is 8.16. The van der Waals surface area contributed by atoms with Gasteiger partial charge < -0.3 is 5.11 Å². The number of aromatic carboxylic acids is 1. The molecule has 0 bridgehead atoms. The predicted molar refractivity (Wildman–Crippen MR) is 52.4 cm³/mol. The number of carboxylic acid groups (broad SMARTS) is 1. The lowest BCUT2D eigenvalue weighted by Crippen LogP contribution is -2.13. The number of aromatic nitrogens is 1. The second-order valence-electron chi connectivity index (χ2n) is 3.99. The van der Waals surface area contributed by atoms with Crippen molar-refractivity contribution >= 4 is 5.97 Å². The highest BCUT2D eigenvalue weighted by atomic mass is 16.4. The second-order valence-corrected chi connectivity index (χ2v) is 3.99. The molecule has 1 aliphatic carbocycles. The molecule has 1 aromatic heterocycles. The molecule has 0 aromatic carbocycles. The van der Waals surface area contributed by atoms with Crippen molar-refractivity contribution in [2.24, 2.45) is 5.92 Å². The Kier molecular flexibility index (Phi) is 2.23. The molecule has 0 amide bonds. The zero-order valence-corrected chi connectivity index (χ0v) is 8.16. The molecule has 1 N–H and O–H groups in total. The Bertz CT molecular complexity index is 374. The summed E-state index contributed by atoms with van der Waals surface area (Å²) in [6, 6.07) is 1.71. The van der Waals surface area contributed by atoms with Crippen molar-refractivity contribution in [3.05, 3.63) is 29.1 Å². The summed E-state index contributed by atoms with van der Waals surface area (Å²) in [7, 11) is 0. The number of rotatable bonds is 1. The Hall–Kier alpha value is -1.38. The zero-order chi connectivity index (χ0) is 10.1. The molecule has 1 aromatic rings. The molecule has 2 rings (SSSR count). The lowest BCUT2D eigenvalue weighted by Gasteiger charge is -2.20. The molecule has 1 aliphatic rings. The van der Waals surface area contributed by atoms with E-state index in [1.54, 1.807) is 12.3 Å². The molecule has 0 saturated carbocycles. The van der Waals surface area contributed by atoms with E-state index in [2.05, 4.69) is 11.9 Å². The highest BCUT2D eigenvalue weighted by Crippen LogP contribution is 2.24. The number of aryl methyl sites for hydroxylation is 1. The van der Waals surface area contributed by atoms with E-state index in [1.165, 1.54) is 5.56 Å². The van der Waals surface area contributed by atoms with Crippen LogP contribution in [0.25, 0.3) is 0 Å². The van der Waals surface area contributed by atoms with E-state index in [-0.39, 0.29) is 5.69 Å². The Balaban J connectivity index is 2.36. The normalized spacial score (nSPS) is 20.2. The van der Waals surface area contributed by atoms with Crippen molar-refractivity contribution in [1.29, 1.82) is 0 Å². The van der Waals surface area contributed by atoms with Crippen molar-refractivity contribution in [3.8, 4) is 0 Å². The third kappa shape index (κ3) is 1.62. The number of fused-ring (bicyclic) bond motifs is 1. The summed E-state index contributed by atoms with van der Waals surface area (Å²) < 4.78 is 0. The van der Waals surface area contributed by atoms with Crippen molar-refractivity contribution in [1.82, 2.24) is 4.98 Å². The van der Waals surface area contributed by atoms with Crippen LogP contribution in [0.5, 0.6) is 0 Å². The smallest absolute Gasteiger partial charge is 0.354 e. The molecule has 1 atom stereocenters. The largest absolute Gasteiger partial charge is 0.477 e. The number of carbonyl (C=O) groups is 1. The van der Waals surface area contributed by atoms with E-state index >= 15 is 0 Å². The molecule has 0 fully saturated rings. The van der Waals surface area contributed by atoms with Crippen molar-refractivity contribution in [2.45, 2.75) is 26.2 Å². The Labute approximate surface area is 82.8 Å². The summed E-state index contributed by atoms with van der Waals surface area (Å²) in [5.41, 5.74) is 2.54. The maximum Gasteiger partial charge on any atom is 0.354 e. The Morgan fingerprint density at radius 1 is 1.57 bits per heavy atom. The number of carboxylic acids is 1. The first-order valence-corrected chi connectivity index (χ1v) is 4.88. The van der Waals surface area contributed by atoms with E-state index in [1.807, 2.05) is 0 Å². The van der Waals surface area contributed by atoms with Crippen LogP contribution in [0.1, 0.15) is 35.0 Å². The van der Waals surface area contributed by atoms with Crippen molar-refractivity contribution < 1.29 is 9.90 Å². The van der Waals surface area contributed by atoms with E-state index < -0.39 is 5.97 Å². The van der Waals surface area contributed by atoms with Gasteiger partial charge in [0.05, 0.1) is 0 Å². The van der Waals surface area contributed by atoms with Crippen LogP contribution in [-0.4, -0.2) is 16.1 Å². The summed E-state index contributed by atoms with van der Waals surface area (Å²) >= 11 is 0. The van der Waals surface area contributed by atoms with Crippen LogP contribution in [0.15, 0.2) is 12.3 Å². The number of hydrogen-bond donors (Lipinski definition) is 1. The Morgan fingerprint density at radius 3 is 3.07 bits per heavy atom. The first-order chi connectivity index (χ1) is 6.66. The fraction of sp³-hybridized carbons (Fsp3) is 0.455. The molecule has 0 saturated heterocycles. The maximum atomic E-state index is 10.7. The predicted octanol–water partition coefficient (Wildman–Crippen LogP) is 1.90. The van der Waals surface area contributed by atoms with Crippen molar-refractivity contribution in [3.63, 3.8) is 0 Å². The standard InChI is InChI=1S/C11H13NO2/c1-7-2-3-8-5-10(11(13)14)12-6-9(8)4-7/h5-7H,2-4H2,1H3,(H,13,14). The third-order valence-electron chi connectivity index (χ3n) is 2.78. The maximum absolute atomic E-state index is 10.7. The first kappa shape index (κ1) is 9.19. The monoisotopic (exact) mass is 191 g/mol. The minimum absolute atomic E-state index is 0.165. The molecule has 3 nitrogen and oxygen atoms in total. The van der Waals surface area contributed by atoms with E-state index in [9.17, 15) is 4.79 Å². The molecule has 1 heterocycles. The van der Waals surface area contributed by atoms with Crippen LogP contribution in [0.3, 0.4) is 0 Å². The fourth-order valence-electron chi connectivity index (χ4n) is 1.94. The van der Waals surface area contributed by atoms with Gasteiger partial charge in [0.2, 0.25) is 0 Å². The molecule has 1 unspecified atom stereocenters. The summed E-state index contributed by atoms with van der Waals surface area (Å²) in [6.45, 7) is 2.22. The average molecular weight is 191 g/mol. The van der Waals surface area contributed by atoms with Gasteiger partial charge in [0.25, 0.3) is 0 Å². The van der Waals surface area contributed by atoms with Gasteiger partial charge in [-0.15, -0.1) is 0 Å². The van der Waals surface area contributed by atoms with Gasteiger partial charge in [-0.1, -0.05) is 6.92 Å².